The van der Waals surface area contributed by atoms with Crippen LogP contribution in [0.25, 0.3) is 10.8 Å². The minimum absolute atomic E-state index is 0.228. The van der Waals surface area contributed by atoms with Crippen LogP contribution in [0.1, 0.15) is 6.92 Å². The Morgan fingerprint density at radius 2 is 2.00 bits per heavy atom. The van der Waals surface area contributed by atoms with Gasteiger partial charge in [-0.2, -0.15) is 0 Å². The monoisotopic (exact) mass is 271 g/mol. The molecule has 20 heavy (non-hydrogen) atoms. The molecule has 1 atom stereocenters. The standard InChI is InChI=1S/C15H13NO4/c1-9-8-16(14(17)15(18)19)13-11-5-3-2-4-10(11)6-7-12(13)20-9/h2-7,9H,8H2,1H3,(H,18,19). The lowest BCUT2D eigenvalue weighted by molar-refractivity contribution is -0.149. The number of carboxylic acids is 1. The predicted octanol–water partition coefficient (Wildman–Crippen LogP) is 2.04. The van der Waals surface area contributed by atoms with Crippen molar-refractivity contribution >= 4 is 28.3 Å². The molecule has 0 spiro atoms. The lowest BCUT2D eigenvalue weighted by atomic mass is 10.1. The summed E-state index contributed by atoms with van der Waals surface area (Å²) in [5.74, 6) is -1.85. The minimum atomic E-state index is -1.46. The fourth-order valence-electron chi connectivity index (χ4n) is 2.51. The van der Waals surface area contributed by atoms with Gasteiger partial charge < -0.3 is 9.84 Å². The van der Waals surface area contributed by atoms with Gasteiger partial charge in [-0.3, -0.25) is 9.69 Å². The second-order valence-electron chi connectivity index (χ2n) is 4.78. The first kappa shape index (κ1) is 12.5. The van der Waals surface area contributed by atoms with Crippen molar-refractivity contribution in [3.8, 4) is 5.75 Å². The number of carbonyl (C=O) groups excluding carboxylic acids is 1. The van der Waals surface area contributed by atoms with Crippen LogP contribution >= 0.6 is 0 Å². The summed E-state index contributed by atoms with van der Waals surface area (Å²) >= 11 is 0. The van der Waals surface area contributed by atoms with E-state index in [0.717, 1.165) is 10.8 Å². The molecule has 1 N–H and O–H groups in total. The van der Waals surface area contributed by atoms with Crippen molar-refractivity contribution in [2.75, 3.05) is 11.4 Å². The summed E-state index contributed by atoms with van der Waals surface area (Å²) in [5.41, 5.74) is 0.536. The molecule has 1 aliphatic heterocycles. The van der Waals surface area contributed by atoms with E-state index in [0.29, 0.717) is 11.4 Å². The number of nitrogens with zero attached hydrogens (tertiary/aromatic N) is 1. The minimum Gasteiger partial charge on any atom is -0.487 e. The Kier molecular flexibility index (Phi) is 2.82. The van der Waals surface area contributed by atoms with Crippen LogP contribution in [0.2, 0.25) is 0 Å². The van der Waals surface area contributed by atoms with Crippen molar-refractivity contribution in [2.45, 2.75) is 13.0 Å². The predicted molar refractivity (Wildman–Crippen MR) is 74.0 cm³/mol. The highest BCUT2D eigenvalue weighted by Crippen LogP contribution is 2.39. The van der Waals surface area contributed by atoms with Gasteiger partial charge in [-0.05, 0) is 18.4 Å². The zero-order chi connectivity index (χ0) is 14.3. The summed E-state index contributed by atoms with van der Waals surface area (Å²) in [4.78, 5) is 24.2. The van der Waals surface area contributed by atoms with Gasteiger partial charge in [0.25, 0.3) is 0 Å². The van der Waals surface area contributed by atoms with Gasteiger partial charge in [-0.1, -0.05) is 30.3 Å². The van der Waals surface area contributed by atoms with Crippen molar-refractivity contribution in [1.29, 1.82) is 0 Å². The maximum atomic E-state index is 11.9. The van der Waals surface area contributed by atoms with E-state index >= 15 is 0 Å². The maximum absolute atomic E-state index is 11.9. The Morgan fingerprint density at radius 1 is 1.25 bits per heavy atom. The summed E-state index contributed by atoms with van der Waals surface area (Å²) in [6, 6.07) is 11.2. The number of fused-ring (bicyclic) bond motifs is 3. The number of aliphatic carboxylic acids is 1. The summed E-state index contributed by atoms with van der Waals surface area (Å²) in [7, 11) is 0. The molecule has 0 saturated heterocycles. The molecule has 1 unspecified atom stereocenters. The van der Waals surface area contributed by atoms with Crippen LogP contribution < -0.4 is 9.64 Å². The van der Waals surface area contributed by atoms with Crippen molar-refractivity contribution in [2.24, 2.45) is 0 Å². The van der Waals surface area contributed by atoms with Crippen LogP contribution in [0.4, 0.5) is 5.69 Å². The number of amides is 1. The molecule has 0 saturated carbocycles. The zero-order valence-electron chi connectivity index (χ0n) is 10.9. The number of ether oxygens (including phenoxy) is 1. The Balaban J connectivity index is 2.25. The molecule has 3 rings (SSSR count). The van der Waals surface area contributed by atoms with E-state index < -0.39 is 11.9 Å². The third-order valence-electron chi connectivity index (χ3n) is 3.33. The molecule has 1 amide bonds. The average Bonchev–Trinajstić information content (AvgIpc) is 2.45. The smallest absolute Gasteiger partial charge is 0.394 e. The number of hydrogen-bond acceptors (Lipinski definition) is 3. The van der Waals surface area contributed by atoms with Crippen molar-refractivity contribution < 1.29 is 19.4 Å². The van der Waals surface area contributed by atoms with E-state index in [1.165, 1.54) is 4.90 Å². The van der Waals surface area contributed by atoms with Crippen molar-refractivity contribution in [3.63, 3.8) is 0 Å². The molecule has 102 valence electrons. The molecule has 0 fully saturated rings. The van der Waals surface area contributed by atoms with Crippen LogP contribution in [0.3, 0.4) is 0 Å². The fourth-order valence-corrected chi connectivity index (χ4v) is 2.51. The van der Waals surface area contributed by atoms with Gasteiger partial charge in [-0.25, -0.2) is 4.79 Å². The van der Waals surface area contributed by atoms with E-state index in [1.54, 1.807) is 13.0 Å². The topological polar surface area (TPSA) is 66.8 Å². The highest BCUT2D eigenvalue weighted by Gasteiger charge is 2.32. The van der Waals surface area contributed by atoms with E-state index in [4.69, 9.17) is 9.84 Å². The Bertz CT molecular complexity index is 710. The normalized spacial score (nSPS) is 17.4. The lowest BCUT2D eigenvalue weighted by Gasteiger charge is -2.33. The summed E-state index contributed by atoms with van der Waals surface area (Å²) in [6.07, 6.45) is -0.244. The second-order valence-corrected chi connectivity index (χ2v) is 4.78. The Morgan fingerprint density at radius 3 is 2.75 bits per heavy atom. The van der Waals surface area contributed by atoms with E-state index in [1.807, 2.05) is 30.3 Å². The SMILES string of the molecule is CC1CN(C(=O)C(=O)O)c2c(ccc3ccccc23)O1. The van der Waals surface area contributed by atoms with Gasteiger partial charge in [0.05, 0.1) is 12.2 Å². The molecule has 1 aliphatic rings. The number of rotatable bonds is 0. The molecule has 5 heteroatoms. The first-order valence-corrected chi connectivity index (χ1v) is 6.31. The number of anilines is 1. The highest BCUT2D eigenvalue weighted by molar-refractivity contribution is 6.38. The Hall–Kier alpha value is -2.56. The van der Waals surface area contributed by atoms with Gasteiger partial charge in [-0.15, -0.1) is 0 Å². The first-order valence-electron chi connectivity index (χ1n) is 6.31. The molecule has 0 bridgehead atoms. The zero-order valence-corrected chi connectivity index (χ0v) is 10.9. The molecule has 0 aromatic heterocycles. The molecule has 2 aromatic carbocycles. The molecular formula is C15H13NO4. The van der Waals surface area contributed by atoms with Gasteiger partial charge in [0.15, 0.2) is 0 Å². The molecule has 2 aromatic rings. The molecule has 0 aliphatic carbocycles. The Labute approximate surface area is 115 Å². The molecular weight excluding hydrogens is 258 g/mol. The van der Waals surface area contributed by atoms with Crippen LogP contribution in [0.15, 0.2) is 36.4 Å². The number of hydrogen-bond donors (Lipinski definition) is 1. The number of carboxylic acid groups (broad SMARTS) is 1. The van der Waals surface area contributed by atoms with Crippen LogP contribution in [0, 0.1) is 0 Å². The summed E-state index contributed by atoms with van der Waals surface area (Å²) in [5, 5.41) is 10.7. The third-order valence-corrected chi connectivity index (χ3v) is 3.33. The average molecular weight is 271 g/mol. The van der Waals surface area contributed by atoms with Gasteiger partial charge in [0, 0.05) is 5.39 Å². The highest BCUT2D eigenvalue weighted by atomic mass is 16.5. The van der Waals surface area contributed by atoms with Gasteiger partial charge in [0.1, 0.15) is 11.9 Å². The lowest BCUT2D eigenvalue weighted by Crippen LogP contribution is -2.45. The van der Waals surface area contributed by atoms with Crippen molar-refractivity contribution in [1.82, 2.24) is 0 Å². The van der Waals surface area contributed by atoms with Crippen LogP contribution in [-0.4, -0.2) is 29.6 Å². The quantitative estimate of drug-likeness (QED) is 0.744. The third kappa shape index (κ3) is 1.87. The number of benzene rings is 2. The molecule has 1 heterocycles. The molecule has 5 nitrogen and oxygen atoms in total. The molecule has 0 radical (unpaired) electrons. The van der Waals surface area contributed by atoms with Gasteiger partial charge >= 0.3 is 11.9 Å². The summed E-state index contributed by atoms with van der Waals surface area (Å²) in [6.45, 7) is 2.03. The van der Waals surface area contributed by atoms with Crippen LogP contribution in [0.5, 0.6) is 5.75 Å². The van der Waals surface area contributed by atoms with Crippen LogP contribution in [-0.2, 0) is 9.59 Å². The fraction of sp³-hybridized carbons (Fsp3) is 0.200. The second kappa shape index (κ2) is 4.52. The van der Waals surface area contributed by atoms with Crippen molar-refractivity contribution in [3.05, 3.63) is 36.4 Å². The summed E-state index contributed by atoms with van der Waals surface area (Å²) < 4.78 is 5.71. The van der Waals surface area contributed by atoms with E-state index in [-0.39, 0.29) is 12.6 Å². The van der Waals surface area contributed by atoms with Gasteiger partial charge in [0.2, 0.25) is 0 Å². The maximum Gasteiger partial charge on any atom is 0.394 e. The first-order chi connectivity index (χ1) is 9.58. The van der Waals surface area contributed by atoms with E-state index in [2.05, 4.69) is 0 Å². The van der Waals surface area contributed by atoms with E-state index in [9.17, 15) is 9.59 Å². The number of carbonyl (C=O) groups is 2. The largest absolute Gasteiger partial charge is 0.487 e.